The molecule has 3 amide bonds. The van der Waals surface area contributed by atoms with Gasteiger partial charge in [0, 0.05) is 25.6 Å². The monoisotopic (exact) mass is 539 g/mol. The third kappa shape index (κ3) is 5.79. The van der Waals surface area contributed by atoms with Crippen molar-refractivity contribution < 1.29 is 22.8 Å². The molecule has 0 spiro atoms. The van der Waals surface area contributed by atoms with Gasteiger partial charge in [-0.25, -0.2) is 12.7 Å². The van der Waals surface area contributed by atoms with E-state index >= 15 is 0 Å². The SMILES string of the molecule is CC[C@H](C(=O)NC(C)C)N(Cc1ccc(Cl)c(Cl)c1)C(=O)CCN1C(=O)c2ccccc2S1(=O)=O. The maximum atomic E-state index is 13.4. The van der Waals surface area contributed by atoms with Gasteiger partial charge in [-0.3, -0.25) is 14.4 Å². The number of sulfonamides is 1. The zero-order valence-electron chi connectivity index (χ0n) is 19.6. The maximum absolute atomic E-state index is 13.4. The average molecular weight is 540 g/mol. The van der Waals surface area contributed by atoms with Crippen LogP contribution in [0.15, 0.2) is 47.4 Å². The summed E-state index contributed by atoms with van der Waals surface area (Å²) in [6.45, 7) is 5.13. The minimum Gasteiger partial charge on any atom is -0.352 e. The van der Waals surface area contributed by atoms with Crippen LogP contribution in [0, 0.1) is 0 Å². The average Bonchev–Trinajstić information content (AvgIpc) is 2.99. The van der Waals surface area contributed by atoms with Crippen molar-refractivity contribution in [2.24, 2.45) is 0 Å². The van der Waals surface area contributed by atoms with E-state index in [9.17, 15) is 22.8 Å². The molecule has 11 heteroatoms. The molecule has 0 saturated carbocycles. The molecule has 1 atom stereocenters. The lowest BCUT2D eigenvalue weighted by molar-refractivity contribution is -0.141. The molecular formula is C24H27Cl2N3O5S. The van der Waals surface area contributed by atoms with E-state index < -0.39 is 27.9 Å². The Hall–Kier alpha value is -2.62. The van der Waals surface area contributed by atoms with Crippen molar-refractivity contribution in [1.82, 2.24) is 14.5 Å². The van der Waals surface area contributed by atoms with Gasteiger partial charge in [0.1, 0.15) is 10.9 Å². The Labute approximate surface area is 215 Å². The quantitative estimate of drug-likeness (QED) is 0.520. The summed E-state index contributed by atoms with van der Waals surface area (Å²) in [4.78, 5) is 40.3. The van der Waals surface area contributed by atoms with Crippen molar-refractivity contribution in [1.29, 1.82) is 0 Å². The lowest BCUT2D eigenvalue weighted by Gasteiger charge is -2.31. The Morgan fingerprint density at radius 3 is 2.37 bits per heavy atom. The van der Waals surface area contributed by atoms with E-state index in [1.54, 1.807) is 31.2 Å². The van der Waals surface area contributed by atoms with Crippen molar-refractivity contribution >= 4 is 50.9 Å². The number of nitrogens with zero attached hydrogens (tertiary/aromatic N) is 2. The first-order chi connectivity index (χ1) is 16.5. The van der Waals surface area contributed by atoms with Gasteiger partial charge in [0.15, 0.2) is 0 Å². The summed E-state index contributed by atoms with van der Waals surface area (Å²) in [5.74, 6) is -1.47. The van der Waals surface area contributed by atoms with Crippen molar-refractivity contribution in [2.75, 3.05) is 6.54 Å². The standard InChI is InChI=1S/C24H27Cl2N3O5S/c1-4-20(23(31)27-15(2)3)28(14-16-9-10-18(25)19(26)13-16)22(30)11-12-29-24(32)17-7-5-6-8-21(17)35(29,33)34/h5-10,13,15,20H,4,11-12,14H2,1-3H3,(H,27,31)/t20-/m1/s1. The highest BCUT2D eigenvalue weighted by Gasteiger charge is 2.41. The minimum atomic E-state index is -4.04. The predicted octanol–water partition coefficient (Wildman–Crippen LogP) is 3.86. The Morgan fingerprint density at radius 1 is 1.09 bits per heavy atom. The second-order valence-corrected chi connectivity index (χ2v) is 11.1. The zero-order chi connectivity index (χ0) is 25.9. The summed E-state index contributed by atoms with van der Waals surface area (Å²) in [7, 11) is -4.04. The molecule has 188 valence electrons. The largest absolute Gasteiger partial charge is 0.352 e. The van der Waals surface area contributed by atoms with Gasteiger partial charge in [-0.2, -0.15) is 0 Å². The number of rotatable bonds is 9. The highest BCUT2D eigenvalue weighted by molar-refractivity contribution is 7.90. The molecule has 8 nitrogen and oxygen atoms in total. The molecule has 0 bridgehead atoms. The van der Waals surface area contributed by atoms with Gasteiger partial charge < -0.3 is 10.2 Å². The predicted molar refractivity (Wildman–Crippen MR) is 134 cm³/mol. The minimum absolute atomic E-state index is 0.0562. The summed E-state index contributed by atoms with van der Waals surface area (Å²) in [5, 5.41) is 3.49. The van der Waals surface area contributed by atoms with E-state index in [2.05, 4.69) is 5.32 Å². The lowest BCUT2D eigenvalue weighted by atomic mass is 10.1. The van der Waals surface area contributed by atoms with E-state index in [1.165, 1.54) is 23.1 Å². The van der Waals surface area contributed by atoms with Gasteiger partial charge >= 0.3 is 0 Å². The van der Waals surface area contributed by atoms with Crippen LogP contribution in [0.25, 0.3) is 0 Å². The number of fused-ring (bicyclic) bond motifs is 1. The van der Waals surface area contributed by atoms with E-state index in [-0.39, 0.29) is 41.9 Å². The highest BCUT2D eigenvalue weighted by atomic mass is 35.5. The van der Waals surface area contributed by atoms with Crippen LogP contribution in [0.5, 0.6) is 0 Å². The molecule has 0 saturated heterocycles. The van der Waals surface area contributed by atoms with Crippen molar-refractivity contribution in [3.63, 3.8) is 0 Å². The van der Waals surface area contributed by atoms with Crippen molar-refractivity contribution in [3.05, 3.63) is 63.6 Å². The van der Waals surface area contributed by atoms with Crippen LogP contribution in [-0.4, -0.2) is 54.0 Å². The molecule has 0 unspecified atom stereocenters. The fraction of sp³-hybridized carbons (Fsp3) is 0.375. The Morgan fingerprint density at radius 2 is 1.77 bits per heavy atom. The van der Waals surface area contributed by atoms with E-state index in [0.29, 0.717) is 26.3 Å². The molecule has 1 aliphatic rings. The van der Waals surface area contributed by atoms with Gasteiger partial charge in [-0.1, -0.05) is 48.3 Å². The highest BCUT2D eigenvalue weighted by Crippen LogP contribution is 2.30. The first-order valence-corrected chi connectivity index (χ1v) is 13.4. The topological polar surface area (TPSA) is 104 Å². The summed E-state index contributed by atoms with van der Waals surface area (Å²) < 4.78 is 26.4. The van der Waals surface area contributed by atoms with E-state index in [0.717, 1.165) is 0 Å². The molecule has 2 aromatic rings. The van der Waals surface area contributed by atoms with E-state index in [4.69, 9.17) is 23.2 Å². The van der Waals surface area contributed by atoms with Crippen molar-refractivity contribution in [3.8, 4) is 0 Å². The van der Waals surface area contributed by atoms with Gasteiger partial charge in [0.2, 0.25) is 11.8 Å². The Bertz CT molecular complexity index is 1250. The normalized spacial score (nSPS) is 15.1. The number of nitrogens with one attached hydrogen (secondary N) is 1. The third-order valence-corrected chi connectivity index (χ3v) is 8.17. The summed E-state index contributed by atoms with van der Waals surface area (Å²) in [6, 6.07) is 9.90. The number of benzene rings is 2. The van der Waals surface area contributed by atoms with Gasteiger partial charge in [-0.15, -0.1) is 0 Å². The number of hydrogen-bond donors (Lipinski definition) is 1. The van der Waals surface area contributed by atoms with Crippen LogP contribution in [0.1, 0.15) is 49.5 Å². The Kier molecular flexibility index (Phi) is 8.46. The van der Waals surface area contributed by atoms with Crippen molar-refractivity contribution in [2.45, 2.75) is 57.1 Å². The molecule has 1 heterocycles. The molecule has 0 fully saturated rings. The lowest BCUT2D eigenvalue weighted by Crippen LogP contribution is -2.51. The Balaban J connectivity index is 1.85. The van der Waals surface area contributed by atoms with Gasteiger partial charge in [0.05, 0.1) is 15.6 Å². The third-order valence-electron chi connectivity index (χ3n) is 5.59. The number of halogens is 2. The summed E-state index contributed by atoms with van der Waals surface area (Å²) in [6.07, 6.45) is 0.0454. The first kappa shape index (κ1) is 27.0. The second kappa shape index (κ2) is 11.0. The van der Waals surface area contributed by atoms with Crippen LogP contribution >= 0.6 is 23.2 Å². The molecule has 3 rings (SSSR count). The molecule has 1 aliphatic heterocycles. The summed E-state index contributed by atoms with van der Waals surface area (Å²) >= 11 is 12.1. The van der Waals surface area contributed by atoms with Crippen LogP contribution in [0.3, 0.4) is 0 Å². The number of carbonyl (C=O) groups excluding carboxylic acids is 3. The number of carbonyl (C=O) groups is 3. The van der Waals surface area contributed by atoms with Crippen LogP contribution < -0.4 is 5.32 Å². The molecule has 1 N–H and O–H groups in total. The molecule has 0 radical (unpaired) electrons. The number of hydrogen-bond acceptors (Lipinski definition) is 5. The molecule has 35 heavy (non-hydrogen) atoms. The number of amides is 3. The van der Waals surface area contributed by atoms with Gasteiger partial charge in [-0.05, 0) is 50.1 Å². The van der Waals surface area contributed by atoms with Gasteiger partial charge in [0.25, 0.3) is 15.9 Å². The molecule has 2 aromatic carbocycles. The fourth-order valence-electron chi connectivity index (χ4n) is 3.93. The first-order valence-electron chi connectivity index (χ1n) is 11.2. The summed E-state index contributed by atoms with van der Waals surface area (Å²) in [5.41, 5.74) is 0.733. The smallest absolute Gasteiger partial charge is 0.269 e. The second-order valence-electron chi connectivity index (χ2n) is 8.49. The molecular weight excluding hydrogens is 513 g/mol. The van der Waals surface area contributed by atoms with E-state index in [1.807, 2.05) is 13.8 Å². The molecule has 0 aromatic heterocycles. The maximum Gasteiger partial charge on any atom is 0.269 e. The fourth-order valence-corrected chi connectivity index (χ4v) is 5.82. The van der Waals surface area contributed by atoms with Crippen LogP contribution in [0.2, 0.25) is 10.0 Å². The van der Waals surface area contributed by atoms with Crippen LogP contribution in [0.4, 0.5) is 0 Å². The van der Waals surface area contributed by atoms with Crippen LogP contribution in [-0.2, 0) is 26.2 Å². The zero-order valence-corrected chi connectivity index (χ0v) is 22.0. The molecule has 0 aliphatic carbocycles.